The second kappa shape index (κ2) is 5.87. The Balaban J connectivity index is 2.61. The molecule has 0 aliphatic rings. The summed E-state index contributed by atoms with van der Waals surface area (Å²) in [5.74, 6) is -0.193. The quantitative estimate of drug-likeness (QED) is 0.640. The van der Waals surface area contributed by atoms with Crippen LogP contribution >= 0.6 is 0 Å². The fourth-order valence-corrected chi connectivity index (χ4v) is 2.07. The Bertz CT molecular complexity index is 416. The van der Waals surface area contributed by atoms with Crippen molar-refractivity contribution in [2.24, 2.45) is 5.41 Å². The first kappa shape index (κ1) is 14.5. The molecule has 1 rings (SSSR count). The van der Waals surface area contributed by atoms with Gasteiger partial charge in [0.2, 0.25) is 0 Å². The van der Waals surface area contributed by atoms with Gasteiger partial charge in [0, 0.05) is 18.8 Å². The number of anilines is 1. The molecule has 0 aromatic heterocycles. The van der Waals surface area contributed by atoms with E-state index in [1.807, 2.05) is 45.2 Å². The topological polar surface area (TPSA) is 55.6 Å². The Morgan fingerprint density at radius 2 is 2.11 bits per heavy atom. The highest BCUT2D eigenvalue weighted by atomic mass is 16.5. The number of carbonyl (C=O) groups is 1. The molecule has 4 nitrogen and oxygen atoms in total. The number of hydrogen-bond acceptors (Lipinski definition) is 4. The molecule has 1 aromatic rings. The summed E-state index contributed by atoms with van der Waals surface area (Å²) >= 11 is 0. The minimum atomic E-state index is -0.510. The normalized spacial score (nSPS) is 11.6. The Hall–Kier alpha value is -1.55. The van der Waals surface area contributed by atoms with Gasteiger partial charge in [0.15, 0.2) is 0 Å². The number of ether oxygens (including phenoxy) is 1. The summed E-state index contributed by atoms with van der Waals surface area (Å²) < 4.78 is 4.80. The Labute approximate surface area is 109 Å². The highest BCUT2D eigenvalue weighted by Crippen LogP contribution is 2.19. The van der Waals surface area contributed by atoms with E-state index in [-0.39, 0.29) is 5.97 Å². The van der Waals surface area contributed by atoms with E-state index < -0.39 is 5.41 Å². The average molecular weight is 250 g/mol. The lowest BCUT2D eigenvalue weighted by Crippen LogP contribution is -2.37. The monoisotopic (exact) mass is 250 g/mol. The van der Waals surface area contributed by atoms with Crippen LogP contribution < -0.4 is 5.73 Å². The first-order valence-electron chi connectivity index (χ1n) is 5.96. The maximum Gasteiger partial charge on any atom is 0.312 e. The third-order valence-corrected chi connectivity index (χ3v) is 2.81. The first-order valence-corrected chi connectivity index (χ1v) is 5.96. The third-order valence-electron chi connectivity index (χ3n) is 2.81. The van der Waals surface area contributed by atoms with Gasteiger partial charge in [0.05, 0.1) is 12.5 Å². The van der Waals surface area contributed by atoms with Gasteiger partial charge >= 0.3 is 5.97 Å². The molecule has 18 heavy (non-hydrogen) atoms. The van der Waals surface area contributed by atoms with E-state index in [9.17, 15) is 4.79 Å². The SMILES string of the molecule is COC(=O)C(C)(C)CN(C)Cc1cccc(N)c1. The van der Waals surface area contributed by atoms with E-state index in [4.69, 9.17) is 10.5 Å². The zero-order valence-corrected chi connectivity index (χ0v) is 11.6. The van der Waals surface area contributed by atoms with Crippen LogP contribution in [0.15, 0.2) is 24.3 Å². The minimum absolute atomic E-state index is 0.193. The molecule has 2 N–H and O–H groups in total. The van der Waals surface area contributed by atoms with Gasteiger partial charge in [-0.1, -0.05) is 12.1 Å². The minimum Gasteiger partial charge on any atom is -0.469 e. The van der Waals surface area contributed by atoms with Gasteiger partial charge in [-0.3, -0.25) is 4.79 Å². The molecule has 1 aromatic carbocycles. The molecule has 0 fully saturated rings. The van der Waals surface area contributed by atoms with Crippen molar-refractivity contribution in [3.05, 3.63) is 29.8 Å². The Morgan fingerprint density at radius 1 is 1.44 bits per heavy atom. The van der Waals surface area contributed by atoms with E-state index >= 15 is 0 Å². The van der Waals surface area contributed by atoms with Crippen LogP contribution in [0.5, 0.6) is 0 Å². The predicted octanol–water partition coefficient (Wildman–Crippen LogP) is 1.90. The molecule has 0 aliphatic heterocycles. The summed E-state index contributed by atoms with van der Waals surface area (Å²) in [7, 11) is 3.40. The molecule has 0 radical (unpaired) electrons. The van der Waals surface area contributed by atoms with Crippen LogP contribution in [0.1, 0.15) is 19.4 Å². The molecular formula is C14H22N2O2. The van der Waals surface area contributed by atoms with Crippen LogP contribution in [-0.4, -0.2) is 31.6 Å². The number of nitrogen functional groups attached to an aromatic ring is 1. The van der Waals surface area contributed by atoms with Gasteiger partial charge in [-0.25, -0.2) is 0 Å². The van der Waals surface area contributed by atoms with Crippen LogP contribution in [0.4, 0.5) is 5.69 Å². The van der Waals surface area contributed by atoms with E-state index in [0.717, 1.165) is 17.8 Å². The number of benzene rings is 1. The summed E-state index contributed by atoms with van der Waals surface area (Å²) in [6.45, 7) is 5.16. The number of esters is 1. The smallest absolute Gasteiger partial charge is 0.312 e. The summed E-state index contributed by atoms with van der Waals surface area (Å²) in [5.41, 5.74) is 7.12. The second-order valence-electron chi connectivity index (χ2n) is 5.29. The zero-order valence-electron chi connectivity index (χ0n) is 11.6. The van der Waals surface area contributed by atoms with Gasteiger partial charge in [0.25, 0.3) is 0 Å². The maximum atomic E-state index is 11.6. The number of methoxy groups -OCH3 is 1. The lowest BCUT2D eigenvalue weighted by Gasteiger charge is -2.27. The molecule has 100 valence electrons. The Morgan fingerprint density at radius 3 is 2.67 bits per heavy atom. The predicted molar refractivity (Wildman–Crippen MR) is 73.0 cm³/mol. The number of hydrogen-bond donors (Lipinski definition) is 1. The fraction of sp³-hybridized carbons (Fsp3) is 0.500. The molecule has 0 aliphatic carbocycles. The van der Waals surface area contributed by atoms with Gasteiger partial charge < -0.3 is 15.4 Å². The molecular weight excluding hydrogens is 228 g/mol. The number of nitrogens with two attached hydrogens (primary N) is 1. The second-order valence-corrected chi connectivity index (χ2v) is 5.29. The average Bonchev–Trinajstić information content (AvgIpc) is 2.26. The Kier molecular flexibility index (Phi) is 4.73. The fourth-order valence-electron chi connectivity index (χ4n) is 2.07. The summed E-state index contributed by atoms with van der Waals surface area (Å²) in [5, 5.41) is 0. The van der Waals surface area contributed by atoms with Crippen molar-refractivity contribution in [1.82, 2.24) is 4.90 Å². The van der Waals surface area contributed by atoms with Crippen molar-refractivity contribution in [3.63, 3.8) is 0 Å². The molecule has 4 heteroatoms. The summed E-state index contributed by atoms with van der Waals surface area (Å²) in [6.07, 6.45) is 0. The maximum absolute atomic E-state index is 11.6. The van der Waals surface area contributed by atoms with Crippen LogP contribution in [0.25, 0.3) is 0 Å². The van der Waals surface area contributed by atoms with Crippen molar-refractivity contribution in [2.45, 2.75) is 20.4 Å². The molecule has 0 saturated carbocycles. The van der Waals surface area contributed by atoms with Crippen molar-refractivity contribution in [2.75, 3.05) is 26.4 Å². The van der Waals surface area contributed by atoms with Crippen molar-refractivity contribution in [1.29, 1.82) is 0 Å². The standard InChI is InChI=1S/C14H22N2O2/c1-14(2,13(17)18-4)10-16(3)9-11-6-5-7-12(15)8-11/h5-8H,9-10,15H2,1-4H3. The number of nitrogens with zero attached hydrogens (tertiary/aromatic N) is 1. The highest BCUT2D eigenvalue weighted by Gasteiger charge is 2.29. The third kappa shape index (κ3) is 4.04. The largest absolute Gasteiger partial charge is 0.469 e. The van der Waals surface area contributed by atoms with E-state index in [2.05, 4.69) is 4.90 Å². The van der Waals surface area contributed by atoms with Crippen molar-refractivity contribution in [3.8, 4) is 0 Å². The van der Waals surface area contributed by atoms with Crippen LogP contribution in [-0.2, 0) is 16.1 Å². The van der Waals surface area contributed by atoms with Crippen LogP contribution in [0.3, 0.4) is 0 Å². The van der Waals surface area contributed by atoms with Crippen molar-refractivity contribution < 1.29 is 9.53 Å². The van der Waals surface area contributed by atoms with Gasteiger partial charge in [-0.2, -0.15) is 0 Å². The van der Waals surface area contributed by atoms with E-state index in [0.29, 0.717) is 6.54 Å². The van der Waals surface area contributed by atoms with Gasteiger partial charge in [0.1, 0.15) is 0 Å². The van der Waals surface area contributed by atoms with Crippen LogP contribution in [0, 0.1) is 5.41 Å². The lowest BCUT2D eigenvalue weighted by atomic mass is 9.93. The highest BCUT2D eigenvalue weighted by molar-refractivity contribution is 5.76. The molecule has 0 bridgehead atoms. The number of rotatable bonds is 5. The molecule has 0 atom stereocenters. The van der Waals surface area contributed by atoms with Gasteiger partial charge in [-0.05, 0) is 38.6 Å². The van der Waals surface area contributed by atoms with Crippen LogP contribution in [0.2, 0.25) is 0 Å². The lowest BCUT2D eigenvalue weighted by molar-refractivity contribution is -0.151. The van der Waals surface area contributed by atoms with Gasteiger partial charge in [-0.15, -0.1) is 0 Å². The summed E-state index contributed by atoms with van der Waals surface area (Å²) in [6, 6.07) is 7.77. The molecule has 0 amide bonds. The van der Waals surface area contributed by atoms with Crippen molar-refractivity contribution >= 4 is 11.7 Å². The molecule has 0 unspecified atom stereocenters. The van der Waals surface area contributed by atoms with E-state index in [1.54, 1.807) is 0 Å². The number of carbonyl (C=O) groups excluding carboxylic acids is 1. The molecule has 0 spiro atoms. The molecule has 0 saturated heterocycles. The first-order chi connectivity index (χ1) is 8.35. The zero-order chi connectivity index (χ0) is 13.8. The van der Waals surface area contributed by atoms with E-state index in [1.165, 1.54) is 7.11 Å². The molecule has 0 heterocycles. The summed E-state index contributed by atoms with van der Waals surface area (Å²) in [4.78, 5) is 13.7.